The number of piperidine rings is 1. The van der Waals surface area contributed by atoms with Gasteiger partial charge in [-0.05, 0) is 56.0 Å². The molecule has 27 heavy (non-hydrogen) atoms. The predicted molar refractivity (Wildman–Crippen MR) is 98.3 cm³/mol. The zero-order chi connectivity index (χ0) is 20.0. The molecule has 0 saturated carbocycles. The van der Waals surface area contributed by atoms with Gasteiger partial charge in [0, 0.05) is 25.7 Å². The molecular formula is C18H22BrF2N3O3. The highest BCUT2D eigenvalue weighted by molar-refractivity contribution is 9.10. The zero-order valence-electron chi connectivity index (χ0n) is 15.5. The first kappa shape index (κ1) is 20.0. The van der Waals surface area contributed by atoms with Crippen molar-refractivity contribution in [3.63, 3.8) is 0 Å². The minimum absolute atomic E-state index is 0.132. The maximum absolute atomic E-state index is 14.2. The number of likely N-dealkylation sites (tertiary alicyclic amines) is 1. The average molecular weight is 446 g/mol. The maximum Gasteiger partial charge on any atom is 0.410 e. The van der Waals surface area contributed by atoms with Crippen LogP contribution in [0.1, 0.15) is 40.0 Å². The molecule has 0 aromatic carbocycles. The van der Waals surface area contributed by atoms with Crippen LogP contribution in [-0.4, -0.2) is 47.1 Å². The van der Waals surface area contributed by atoms with E-state index in [1.165, 1.54) is 4.90 Å². The number of rotatable bonds is 1. The summed E-state index contributed by atoms with van der Waals surface area (Å²) in [6.07, 6.45) is 1.11. The summed E-state index contributed by atoms with van der Waals surface area (Å²) in [7, 11) is 0. The summed E-state index contributed by atoms with van der Waals surface area (Å²) in [5, 5.41) is 0. The van der Waals surface area contributed by atoms with Crippen LogP contribution in [0.2, 0.25) is 0 Å². The van der Waals surface area contributed by atoms with Crippen LogP contribution in [0.4, 0.5) is 19.4 Å². The van der Waals surface area contributed by atoms with Crippen molar-refractivity contribution in [2.45, 2.75) is 45.6 Å². The second-order valence-corrected chi connectivity index (χ2v) is 8.77. The van der Waals surface area contributed by atoms with Crippen LogP contribution in [0.15, 0.2) is 10.7 Å². The van der Waals surface area contributed by atoms with Gasteiger partial charge < -0.3 is 9.64 Å². The molecule has 6 nitrogen and oxygen atoms in total. The lowest BCUT2D eigenvalue weighted by molar-refractivity contribution is -0.128. The largest absolute Gasteiger partial charge is 0.444 e. The van der Waals surface area contributed by atoms with E-state index in [1.807, 2.05) is 0 Å². The smallest absolute Gasteiger partial charge is 0.410 e. The van der Waals surface area contributed by atoms with Gasteiger partial charge in [0.15, 0.2) is 17.5 Å². The molecule has 0 aliphatic carbocycles. The molecule has 1 aromatic heterocycles. The number of halogens is 3. The zero-order valence-corrected chi connectivity index (χ0v) is 17.1. The molecule has 0 bridgehead atoms. The highest BCUT2D eigenvalue weighted by Crippen LogP contribution is 2.43. The summed E-state index contributed by atoms with van der Waals surface area (Å²) < 4.78 is 32.8. The van der Waals surface area contributed by atoms with Crippen molar-refractivity contribution in [1.29, 1.82) is 0 Å². The number of pyridine rings is 1. The monoisotopic (exact) mass is 445 g/mol. The van der Waals surface area contributed by atoms with Gasteiger partial charge >= 0.3 is 6.09 Å². The number of nitrogens with zero attached hydrogens (tertiary/aromatic N) is 3. The maximum atomic E-state index is 14.2. The number of hydrogen-bond donors (Lipinski definition) is 0. The minimum Gasteiger partial charge on any atom is -0.444 e. The second-order valence-electron chi connectivity index (χ2n) is 8.02. The fraction of sp³-hybridized carbons (Fsp3) is 0.611. The SMILES string of the molecule is CC(C)(C)OC(=O)N1CCC2(CC1)CCN(c1nc(Br)c(F)cc1F)C2=O. The molecule has 2 fully saturated rings. The molecule has 0 atom stereocenters. The van der Waals surface area contributed by atoms with E-state index >= 15 is 0 Å². The fourth-order valence-electron chi connectivity index (χ4n) is 3.55. The highest BCUT2D eigenvalue weighted by atomic mass is 79.9. The van der Waals surface area contributed by atoms with E-state index in [-0.39, 0.29) is 16.3 Å². The summed E-state index contributed by atoms with van der Waals surface area (Å²) in [4.78, 5) is 31.9. The lowest BCUT2D eigenvalue weighted by atomic mass is 9.77. The first-order valence-corrected chi connectivity index (χ1v) is 9.63. The summed E-state index contributed by atoms with van der Waals surface area (Å²) in [6, 6.07) is 0.718. The van der Waals surface area contributed by atoms with Gasteiger partial charge in [-0.2, -0.15) is 0 Å². The highest BCUT2D eigenvalue weighted by Gasteiger charge is 2.50. The van der Waals surface area contributed by atoms with Crippen molar-refractivity contribution in [1.82, 2.24) is 9.88 Å². The molecule has 1 aromatic rings. The number of carbonyl (C=O) groups excluding carboxylic acids is 2. The summed E-state index contributed by atoms with van der Waals surface area (Å²) in [5.74, 6) is -2.08. The first-order valence-electron chi connectivity index (χ1n) is 8.84. The van der Waals surface area contributed by atoms with E-state index < -0.39 is 28.7 Å². The van der Waals surface area contributed by atoms with Crippen molar-refractivity contribution < 1.29 is 23.1 Å². The second kappa shape index (κ2) is 7.00. The Morgan fingerprint density at radius 3 is 2.37 bits per heavy atom. The van der Waals surface area contributed by atoms with E-state index in [4.69, 9.17) is 4.74 Å². The third-order valence-corrected chi connectivity index (χ3v) is 5.57. The standard InChI is InChI=1S/C18H22BrF2N3O3/c1-17(2,3)27-16(26)23-7-4-18(5-8-23)6-9-24(15(18)25)14-12(21)10-11(20)13(19)22-14/h10H,4-9H2,1-3H3. The molecule has 9 heteroatoms. The lowest BCUT2D eigenvalue weighted by Crippen LogP contribution is -2.48. The first-order chi connectivity index (χ1) is 12.5. The molecule has 0 N–H and O–H groups in total. The molecule has 2 aliphatic heterocycles. The van der Waals surface area contributed by atoms with Gasteiger partial charge in [0.1, 0.15) is 10.2 Å². The normalized spacial score (nSPS) is 19.7. The summed E-state index contributed by atoms with van der Waals surface area (Å²) in [5.41, 5.74) is -1.22. The van der Waals surface area contributed by atoms with E-state index in [0.29, 0.717) is 38.9 Å². The van der Waals surface area contributed by atoms with Crippen molar-refractivity contribution in [2.24, 2.45) is 5.41 Å². The van der Waals surface area contributed by atoms with E-state index in [0.717, 1.165) is 6.07 Å². The molecule has 2 aliphatic rings. The molecular weight excluding hydrogens is 424 g/mol. The molecule has 0 unspecified atom stereocenters. The van der Waals surface area contributed by atoms with Crippen LogP contribution in [0.3, 0.4) is 0 Å². The molecule has 148 valence electrons. The number of carbonyl (C=O) groups is 2. The number of amides is 2. The Hall–Kier alpha value is -1.77. The van der Waals surface area contributed by atoms with Gasteiger partial charge in [-0.1, -0.05) is 0 Å². The molecule has 0 radical (unpaired) electrons. The Balaban J connectivity index is 1.71. The summed E-state index contributed by atoms with van der Waals surface area (Å²) >= 11 is 2.93. The van der Waals surface area contributed by atoms with E-state index in [9.17, 15) is 18.4 Å². The Labute approximate surface area is 165 Å². The average Bonchev–Trinajstić information content (AvgIpc) is 2.87. The quantitative estimate of drug-likeness (QED) is 0.615. The topological polar surface area (TPSA) is 62.7 Å². The third kappa shape index (κ3) is 3.93. The Kier molecular flexibility index (Phi) is 5.18. The van der Waals surface area contributed by atoms with Crippen molar-refractivity contribution in [2.75, 3.05) is 24.5 Å². The van der Waals surface area contributed by atoms with Gasteiger partial charge in [-0.15, -0.1) is 0 Å². The van der Waals surface area contributed by atoms with Crippen LogP contribution in [0.25, 0.3) is 0 Å². The van der Waals surface area contributed by atoms with Crippen LogP contribution in [-0.2, 0) is 9.53 Å². The van der Waals surface area contributed by atoms with Gasteiger partial charge in [0.2, 0.25) is 5.91 Å². The molecule has 2 saturated heterocycles. The van der Waals surface area contributed by atoms with Crippen molar-refractivity contribution in [3.8, 4) is 0 Å². The molecule has 1 spiro atoms. The Bertz CT molecular complexity index is 774. The van der Waals surface area contributed by atoms with Crippen LogP contribution in [0, 0.1) is 17.0 Å². The van der Waals surface area contributed by atoms with Gasteiger partial charge in [0.05, 0.1) is 5.41 Å². The van der Waals surface area contributed by atoms with E-state index in [2.05, 4.69) is 20.9 Å². The lowest BCUT2D eigenvalue weighted by Gasteiger charge is -2.38. The number of ether oxygens (including phenoxy) is 1. The van der Waals surface area contributed by atoms with Gasteiger partial charge in [-0.25, -0.2) is 18.6 Å². The summed E-state index contributed by atoms with van der Waals surface area (Å²) in [6.45, 7) is 6.52. The van der Waals surface area contributed by atoms with Crippen LogP contribution in [0.5, 0.6) is 0 Å². The minimum atomic E-state index is -0.868. The number of anilines is 1. The fourth-order valence-corrected chi connectivity index (χ4v) is 3.84. The Morgan fingerprint density at radius 1 is 1.19 bits per heavy atom. The van der Waals surface area contributed by atoms with Crippen LogP contribution < -0.4 is 4.90 Å². The van der Waals surface area contributed by atoms with Gasteiger partial charge in [-0.3, -0.25) is 9.69 Å². The molecule has 3 rings (SSSR count). The predicted octanol–water partition coefficient (Wildman–Crippen LogP) is 3.88. The number of hydrogen-bond acceptors (Lipinski definition) is 4. The molecule has 3 heterocycles. The van der Waals surface area contributed by atoms with Crippen LogP contribution >= 0.6 is 15.9 Å². The molecule has 2 amide bonds. The van der Waals surface area contributed by atoms with Crippen molar-refractivity contribution in [3.05, 3.63) is 22.3 Å². The van der Waals surface area contributed by atoms with E-state index in [1.54, 1.807) is 25.7 Å². The third-order valence-electron chi connectivity index (χ3n) is 5.01. The number of aromatic nitrogens is 1. The van der Waals surface area contributed by atoms with Gasteiger partial charge in [0.25, 0.3) is 0 Å². The Morgan fingerprint density at radius 2 is 1.78 bits per heavy atom. The van der Waals surface area contributed by atoms with Crippen molar-refractivity contribution >= 4 is 33.7 Å².